The Labute approximate surface area is 172 Å². The van der Waals surface area contributed by atoms with Gasteiger partial charge >= 0.3 is 5.97 Å². The molecule has 3 heterocycles. The Morgan fingerprint density at radius 3 is 2.79 bits per heavy atom. The number of hydrogen-bond donors (Lipinski definition) is 2. The number of anilines is 1. The summed E-state index contributed by atoms with van der Waals surface area (Å²) in [6.45, 7) is 4.08. The minimum Gasteiger partial charge on any atom is -0.457 e. The van der Waals surface area contributed by atoms with Gasteiger partial charge in [0.05, 0.1) is 5.39 Å². The second kappa shape index (κ2) is 8.43. The van der Waals surface area contributed by atoms with Gasteiger partial charge < -0.3 is 15.4 Å². The molecule has 28 heavy (non-hydrogen) atoms. The van der Waals surface area contributed by atoms with Gasteiger partial charge in [-0.25, -0.2) is 14.8 Å². The van der Waals surface area contributed by atoms with Gasteiger partial charge in [-0.15, -0.1) is 11.3 Å². The molecule has 1 aliphatic heterocycles. The number of nitrogens with zero attached hydrogens (tertiary/aromatic N) is 2. The van der Waals surface area contributed by atoms with Gasteiger partial charge in [0.15, 0.2) is 0 Å². The number of rotatable bonds is 5. The molecule has 1 aliphatic rings. The van der Waals surface area contributed by atoms with E-state index in [-0.39, 0.29) is 17.9 Å². The number of carbonyl (C=O) groups excluding carboxylic acids is 1. The summed E-state index contributed by atoms with van der Waals surface area (Å²) in [5, 5.41) is 7.87. The zero-order valence-electron chi connectivity index (χ0n) is 15.5. The molecule has 0 radical (unpaired) electrons. The van der Waals surface area contributed by atoms with Crippen LogP contribution in [0.15, 0.2) is 30.3 Å². The molecule has 3 aromatic rings. The zero-order chi connectivity index (χ0) is 19.5. The van der Waals surface area contributed by atoms with Crippen LogP contribution < -0.4 is 10.6 Å². The second-order valence-corrected chi connectivity index (χ2v) is 8.15. The predicted molar refractivity (Wildman–Crippen MR) is 112 cm³/mol. The van der Waals surface area contributed by atoms with Crippen LogP contribution in [0.25, 0.3) is 10.2 Å². The van der Waals surface area contributed by atoms with E-state index < -0.39 is 0 Å². The van der Waals surface area contributed by atoms with E-state index in [2.05, 4.69) is 20.6 Å². The fourth-order valence-corrected chi connectivity index (χ4v) is 4.65. The van der Waals surface area contributed by atoms with Crippen molar-refractivity contribution in [3.63, 3.8) is 0 Å². The monoisotopic (exact) mass is 416 g/mol. The minimum absolute atomic E-state index is 0.175. The molecule has 6 nitrogen and oxygen atoms in total. The summed E-state index contributed by atoms with van der Waals surface area (Å²) in [5.41, 5.74) is 1.77. The Balaban J connectivity index is 1.60. The second-order valence-electron chi connectivity index (χ2n) is 6.81. The first-order valence-corrected chi connectivity index (χ1v) is 10.5. The van der Waals surface area contributed by atoms with E-state index in [1.54, 1.807) is 0 Å². The Hall–Kier alpha value is -2.22. The van der Waals surface area contributed by atoms with Crippen molar-refractivity contribution in [3.8, 4) is 0 Å². The molecule has 0 atom stereocenters. The molecule has 0 bridgehead atoms. The molecule has 0 amide bonds. The lowest BCUT2D eigenvalue weighted by molar-refractivity contribution is 0.0478. The van der Waals surface area contributed by atoms with Crippen molar-refractivity contribution >= 4 is 44.9 Å². The van der Waals surface area contributed by atoms with Gasteiger partial charge in [0.2, 0.25) is 5.28 Å². The number of aromatic nitrogens is 2. The number of esters is 1. The Morgan fingerprint density at radius 2 is 2.04 bits per heavy atom. The summed E-state index contributed by atoms with van der Waals surface area (Å²) in [7, 11) is 0. The van der Waals surface area contributed by atoms with Crippen molar-refractivity contribution in [3.05, 3.63) is 51.6 Å². The van der Waals surface area contributed by atoms with Crippen LogP contribution in [0.2, 0.25) is 5.28 Å². The van der Waals surface area contributed by atoms with Crippen LogP contribution in [-0.2, 0) is 11.3 Å². The zero-order valence-corrected chi connectivity index (χ0v) is 17.1. The number of hydrogen-bond acceptors (Lipinski definition) is 7. The lowest BCUT2D eigenvalue weighted by Gasteiger charge is -2.24. The van der Waals surface area contributed by atoms with Crippen molar-refractivity contribution in [1.82, 2.24) is 15.3 Å². The van der Waals surface area contributed by atoms with E-state index in [1.165, 1.54) is 11.3 Å². The highest BCUT2D eigenvalue weighted by atomic mass is 35.5. The number of thiophene rings is 1. The topological polar surface area (TPSA) is 76.1 Å². The number of aryl methyl sites for hydroxylation is 1. The van der Waals surface area contributed by atoms with Gasteiger partial charge in [-0.2, -0.15) is 0 Å². The Morgan fingerprint density at radius 1 is 1.29 bits per heavy atom. The maximum absolute atomic E-state index is 12.7. The Bertz CT molecular complexity index is 987. The first kappa shape index (κ1) is 19.1. The fraction of sp³-hybridized carbons (Fsp3) is 0.350. The molecule has 8 heteroatoms. The average Bonchev–Trinajstić information content (AvgIpc) is 3.04. The summed E-state index contributed by atoms with van der Waals surface area (Å²) < 4.78 is 5.51. The quantitative estimate of drug-likeness (QED) is 0.480. The van der Waals surface area contributed by atoms with Crippen LogP contribution in [0.5, 0.6) is 0 Å². The van der Waals surface area contributed by atoms with Crippen molar-refractivity contribution < 1.29 is 9.53 Å². The maximum atomic E-state index is 12.7. The largest absolute Gasteiger partial charge is 0.457 e. The molecule has 0 spiro atoms. The normalized spacial score (nSPS) is 14.9. The lowest BCUT2D eigenvalue weighted by atomic mass is 10.1. The van der Waals surface area contributed by atoms with E-state index in [9.17, 15) is 4.79 Å². The Kier molecular flexibility index (Phi) is 5.75. The maximum Gasteiger partial charge on any atom is 0.349 e. The molecule has 0 saturated carbocycles. The summed E-state index contributed by atoms with van der Waals surface area (Å²) in [6, 6.07) is 9.95. The van der Waals surface area contributed by atoms with Crippen LogP contribution in [0.1, 0.15) is 33.6 Å². The molecule has 146 valence electrons. The van der Waals surface area contributed by atoms with E-state index >= 15 is 0 Å². The first-order valence-electron chi connectivity index (χ1n) is 9.27. The molecule has 0 aliphatic carbocycles. The van der Waals surface area contributed by atoms with E-state index in [0.29, 0.717) is 21.6 Å². The van der Waals surface area contributed by atoms with Gasteiger partial charge in [-0.3, -0.25) is 0 Å². The number of ether oxygens (including phenoxy) is 1. The third-order valence-corrected chi connectivity index (χ3v) is 6.18. The van der Waals surface area contributed by atoms with Crippen LogP contribution >= 0.6 is 22.9 Å². The molecular formula is C20H21ClN4O2S. The molecule has 4 rings (SSSR count). The van der Waals surface area contributed by atoms with E-state index in [4.69, 9.17) is 16.3 Å². The van der Waals surface area contributed by atoms with Gasteiger partial charge in [0.25, 0.3) is 0 Å². The summed E-state index contributed by atoms with van der Waals surface area (Å²) >= 11 is 7.43. The summed E-state index contributed by atoms with van der Waals surface area (Å²) in [6.07, 6.45) is 2.02. The average molecular weight is 417 g/mol. The molecule has 2 N–H and O–H groups in total. The number of fused-ring (bicyclic) bond motifs is 1. The third kappa shape index (κ3) is 4.11. The highest BCUT2D eigenvalue weighted by Gasteiger charge is 2.23. The van der Waals surface area contributed by atoms with Gasteiger partial charge in [-0.1, -0.05) is 30.3 Å². The third-order valence-electron chi connectivity index (χ3n) is 4.84. The number of nitrogens with one attached hydrogen (secondary N) is 2. The SMILES string of the molecule is Cc1c(C(=O)OCc2ccccc2)sc2nc(Cl)nc(NC3CCNCC3)c12. The highest BCUT2D eigenvalue weighted by Crippen LogP contribution is 2.35. The van der Waals surface area contributed by atoms with Crippen molar-refractivity contribution in [1.29, 1.82) is 0 Å². The number of carbonyl (C=O) groups is 1. The van der Waals surface area contributed by atoms with E-state index in [1.807, 2.05) is 37.3 Å². The van der Waals surface area contributed by atoms with E-state index in [0.717, 1.165) is 42.4 Å². The molecule has 1 fully saturated rings. The van der Waals surface area contributed by atoms with Crippen LogP contribution in [0.4, 0.5) is 5.82 Å². The van der Waals surface area contributed by atoms with Crippen molar-refractivity contribution in [2.75, 3.05) is 18.4 Å². The standard InChI is InChI=1S/C20H21ClN4O2S/c1-12-15-17(23-14-7-9-22-10-8-14)24-20(21)25-18(15)28-16(12)19(26)27-11-13-5-3-2-4-6-13/h2-6,14,22H,7-11H2,1H3,(H,23,24,25). The summed E-state index contributed by atoms with van der Waals surface area (Å²) in [4.78, 5) is 22.6. The fourth-order valence-electron chi connectivity index (χ4n) is 3.36. The molecule has 1 aromatic carbocycles. The minimum atomic E-state index is -0.353. The van der Waals surface area contributed by atoms with Crippen LogP contribution in [0.3, 0.4) is 0 Å². The summed E-state index contributed by atoms with van der Waals surface area (Å²) in [5.74, 6) is 0.339. The van der Waals surface area contributed by atoms with Gasteiger partial charge in [-0.05, 0) is 55.6 Å². The number of piperidine rings is 1. The van der Waals surface area contributed by atoms with Crippen molar-refractivity contribution in [2.45, 2.75) is 32.4 Å². The highest BCUT2D eigenvalue weighted by molar-refractivity contribution is 7.20. The van der Waals surface area contributed by atoms with Gasteiger partial charge in [0.1, 0.15) is 22.1 Å². The smallest absolute Gasteiger partial charge is 0.349 e. The number of halogens is 1. The van der Waals surface area contributed by atoms with Crippen molar-refractivity contribution in [2.24, 2.45) is 0 Å². The lowest BCUT2D eigenvalue weighted by Crippen LogP contribution is -2.35. The van der Waals surface area contributed by atoms with Crippen LogP contribution in [-0.4, -0.2) is 35.1 Å². The predicted octanol–water partition coefficient (Wildman–Crippen LogP) is 4.17. The first-order chi connectivity index (χ1) is 13.6. The number of benzene rings is 1. The molecular weight excluding hydrogens is 396 g/mol. The molecule has 0 unspecified atom stereocenters. The van der Waals surface area contributed by atoms with Gasteiger partial charge in [0, 0.05) is 6.04 Å². The van der Waals surface area contributed by atoms with Crippen LogP contribution in [0, 0.1) is 6.92 Å². The molecule has 1 saturated heterocycles. The molecule has 2 aromatic heterocycles.